The Balaban J connectivity index is 1.08. The first-order valence-corrected chi connectivity index (χ1v) is 22.9. The molecular formula is C45H76O16. The van der Waals surface area contributed by atoms with Crippen molar-refractivity contribution in [1.82, 2.24) is 0 Å². The Labute approximate surface area is 361 Å². The van der Waals surface area contributed by atoms with Crippen LogP contribution in [0.5, 0.6) is 0 Å². The molecule has 16 nitrogen and oxygen atoms in total. The molecule has 0 amide bonds. The average molecular weight is 873 g/mol. The molecule has 7 fully saturated rings. The molecule has 2 unspecified atom stereocenters. The van der Waals surface area contributed by atoms with Crippen molar-refractivity contribution in [2.75, 3.05) is 14.2 Å². The molecule has 5 N–H and O–H groups in total. The van der Waals surface area contributed by atoms with Crippen LogP contribution in [0.15, 0.2) is 0 Å². The maximum atomic E-state index is 11.8. The van der Waals surface area contributed by atoms with Crippen LogP contribution < -0.4 is 0 Å². The minimum absolute atomic E-state index is 0.00446. The van der Waals surface area contributed by atoms with E-state index >= 15 is 0 Å². The van der Waals surface area contributed by atoms with Crippen molar-refractivity contribution in [1.29, 1.82) is 0 Å². The Morgan fingerprint density at radius 3 is 2.20 bits per heavy atom. The first-order valence-electron chi connectivity index (χ1n) is 22.9. The van der Waals surface area contributed by atoms with Gasteiger partial charge in [-0.15, -0.1) is 0 Å². The number of rotatable bonds is 11. The molecule has 0 aromatic rings. The molecule has 7 aliphatic heterocycles. The Kier molecular flexibility index (Phi) is 13.8. The van der Waals surface area contributed by atoms with Crippen LogP contribution >= 0.6 is 0 Å². The Hall–Kier alpha value is -1.09. The summed E-state index contributed by atoms with van der Waals surface area (Å²) in [6, 6.07) is 0. The Morgan fingerprint density at radius 2 is 1.54 bits per heavy atom. The Morgan fingerprint density at radius 1 is 0.820 bits per heavy atom. The SMILES string of the molecule is CO[C@H]1CC[C@H](O[C@H]2C[C@H]([C@H]3O[C@](C)(O)[C@H](C)C[C@@H]3C)O[C@H]2[C@]2(C)CC[C@H]([C@]3(C)CC[C@]4(C[C@H](O)[C@@H](C)[C@@H]([C@@H](C)C5O[C@@](O)(CC(=O)O)C(C)[C@H](O)[C@H]5OC)O4)O3)O2)O[C@@H]1C. The second-order valence-corrected chi connectivity index (χ2v) is 20.7. The number of hydrogen-bond donors (Lipinski definition) is 5. The van der Waals surface area contributed by atoms with Gasteiger partial charge < -0.3 is 72.9 Å². The van der Waals surface area contributed by atoms with Gasteiger partial charge in [0.15, 0.2) is 23.7 Å². The lowest BCUT2D eigenvalue weighted by Gasteiger charge is -2.53. The van der Waals surface area contributed by atoms with Gasteiger partial charge in [0.05, 0.1) is 78.7 Å². The van der Waals surface area contributed by atoms with E-state index in [0.29, 0.717) is 38.5 Å². The molecule has 0 saturated carbocycles. The summed E-state index contributed by atoms with van der Waals surface area (Å²) in [6.07, 6.45) is -2.26. The molecule has 0 aromatic carbocycles. The van der Waals surface area contributed by atoms with Gasteiger partial charge in [-0.2, -0.15) is 0 Å². The third-order valence-electron chi connectivity index (χ3n) is 16.2. The normalized spacial score (nSPS) is 54.9. The highest BCUT2D eigenvalue weighted by Crippen LogP contribution is 2.54. The lowest BCUT2D eigenvalue weighted by molar-refractivity contribution is -0.363. The first kappa shape index (κ1) is 47.9. The fourth-order valence-corrected chi connectivity index (χ4v) is 12.0. The number of aliphatic carboxylic acids is 1. The molecule has 0 radical (unpaired) electrons. The number of methoxy groups -OCH3 is 2. The van der Waals surface area contributed by atoms with E-state index in [1.807, 2.05) is 34.6 Å². The summed E-state index contributed by atoms with van der Waals surface area (Å²) in [7, 11) is 3.14. The molecule has 7 rings (SSSR count). The zero-order chi connectivity index (χ0) is 44.6. The standard InChI is InChI=1S/C45H76O16/c1-22-18-23(2)43(9,50)58-36(22)30-19-31(55-34-13-12-29(52-10)27(6)54-34)40(56-30)42(8)15-14-32(57-42)41(7)16-17-44(61-41)20-28(46)24(3)37(59-44)25(4)38-39(53-11)35(49)26(5)45(51,60-38)21-33(47)48/h22-32,34-40,46,49-51H,12-21H2,1-11H3,(H,47,48)/t22-,23+,24+,25+,26?,27+,28-,29-,30+,31-,32+,34-,35-,36-,37-,38?,39+,40+,41-,42-,43-,44+,45-/m0/s1. The van der Waals surface area contributed by atoms with Gasteiger partial charge in [-0.1, -0.05) is 34.6 Å². The number of aliphatic hydroxyl groups excluding tert-OH is 2. The summed E-state index contributed by atoms with van der Waals surface area (Å²) in [5.41, 5.74) is -1.57. The smallest absolute Gasteiger partial charge is 0.308 e. The van der Waals surface area contributed by atoms with E-state index in [-0.39, 0.29) is 54.9 Å². The quantitative estimate of drug-likeness (QED) is 0.198. The zero-order valence-electron chi connectivity index (χ0n) is 38.2. The van der Waals surface area contributed by atoms with Crippen LogP contribution in [-0.2, 0) is 52.2 Å². The van der Waals surface area contributed by atoms with Crippen molar-refractivity contribution in [3.63, 3.8) is 0 Å². The van der Waals surface area contributed by atoms with Crippen LogP contribution in [-0.4, -0.2) is 154 Å². The predicted molar refractivity (Wildman–Crippen MR) is 217 cm³/mol. The second-order valence-electron chi connectivity index (χ2n) is 20.7. The van der Waals surface area contributed by atoms with E-state index in [0.717, 1.165) is 12.8 Å². The number of aliphatic hydroxyl groups is 4. The average Bonchev–Trinajstić information content (AvgIpc) is 3.89. The summed E-state index contributed by atoms with van der Waals surface area (Å²) >= 11 is 0. The van der Waals surface area contributed by atoms with Gasteiger partial charge in [0.25, 0.3) is 0 Å². The van der Waals surface area contributed by atoms with E-state index in [1.54, 1.807) is 14.0 Å². The van der Waals surface area contributed by atoms with E-state index < -0.39 is 102 Å². The molecule has 0 aliphatic carbocycles. The van der Waals surface area contributed by atoms with Gasteiger partial charge in [-0.3, -0.25) is 4.79 Å². The van der Waals surface area contributed by atoms with E-state index in [1.165, 1.54) is 14.0 Å². The summed E-state index contributed by atoms with van der Waals surface area (Å²) in [5, 5.41) is 55.1. The van der Waals surface area contributed by atoms with Crippen LogP contribution in [0.3, 0.4) is 0 Å². The molecule has 7 aliphatic rings. The van der Waals surface area contributed by atoms with E-state index in [9.17, 15) is 30.3 Å². The fourth-order valence-electron chi connectivity index (χ4n) is 12.0. The molecular weight excluding hydrogens is 796 g/mol. The molecule has 16 heteroatoms. The van der Waals surface area contributed by atoms with Crippen molar-refractivity contribution in [2.45, 2.75) is 235 Å². The first-order chi connectivity index (χ1) is 28.5. The molecule has 61 heavy (non-hydrogen) atoms. The molecule has 352 valence electrons. The molecule has 0 aromatic heterocycles. The van der Waals surface area contributed by atoms with E-state index in [4.69, 9.17) is 47.4 Å². The van der Waals surface area contributed by atoms with Crippen molar-refractivity contribution in [3.8, 4) is 0 Å². The number of ether oxygens (including phenoxy) is 10. The van der Waals surface area contributed by atoms with Crippen molar-refractivity contribution in [3.05, 3.63) is 0 Å². The second kappa shape index (κ2) is 17.6. The van der Waals surface area contributed by atoms with Crippen LogP contribution in [0.25, 0.3) is 0 Å². The highest BCUT2D eigenvalue weighted by atomic mass is 16.7. The highest BCUT2D eigenvalue weighted by molar-refractivity contribution is 5.68. The predicted octanol–water partition coefficient (Wildman–Crippen LogP) is 4.04. The van der Waals surface area contributed by atoms with Gasteiger partial charge >= 0.3 is 5.97 Å². The van der Waals surface area contributed by atoms with Gasteiger partial charge in [0, 0.05) is 63.6 Å². The number of carbonyl (C=O) groups is 1. The highest BCUT2D eigenvalue weighted by Gasteiger charge is 2.63. The minimum atomic E-state index is -2.15. The van der Waals surface area contributed by atoms with Crippen LogP contribution in [0.1, 0.15) is 127 Å². The summed E-state index contributed by atoms with van der Waals surface area (Å²) in [5.74, 6) is -7.65. The fraction of sp³-hybridized carbons (Fsp3) is 0.978. The van der Waals surface area contributed by atoms with Gasteiger partial charge in [-0.05, 0) is 65.7 Å². The summed E-state index contributed by atoms with van der Waals surface area (Å²) in [4.78, 5) is 11.8. The van der Waals surface area contributed by atoms with Crippen LogP contribution in [0.4, 0.5) is 0 Å². The summed E-state index contributed by atoms with van der Waals surface area (Å²) < 4.78 is 65.1. The molecule has 7 saturated heterocycles. The van der Waals surface area contributed by atoms with Crippen molar-refractivity contribution in [2.24, 2.45) is 29.6 Å². The van der Waals surface area contributed by atoms with Gasteiger partial charge in [-0.25, -0.2) is 0 Å². The topological polar surface area (TPSA) is 211 Å². The number of carboxylic acid groups (broad SMARTS) is 1. The minimum Gasteiger partial charge on any atom is -0.481 e. The van der Waals surface area contributed by atoms with E-state index in [2.05, 4.69) is 13.8 Å². The molecule has 1 spiro atoms. The van der Waals surface area contributed by atoms with Gasteiger partial charge in [0.1, 0.15) is 12.2 Å². The van der Waals surface area contributed by atoms with Crippen LogP contribution in [0.2, 0.25) is 0 Å². The van der Waals surface area contributed by atoms with Crippen molar-refractivity contribution < 1.29 is 77.7 Å². The molecule has 23 atom stereocenters. The Bertz CT molecular complexity index is 1530. The zero-order valence-corrected chi connectivity index (χ0v) is 38.2. The lowest BCUT2D eigenvalue weighted by Crippen LogP contribution is -2.65. The number of carboxylic acids is 1. The molecule has 0 bridgehead atoms. The van der Waals surface area contributed by atoms with Gasteiger partial charge in [0.2, 0.25) is 0 Å². The largest absolute Gasteiger partial charge is 0.481 e. The third-order valence-corrected chi connectivity index (χ3v) is 16.2. The third kappa shape index (κ3) is 9.09. The maximum absolute atomic E-state index is 11.8. The van der Waals surface area contributed by atoms with Crippen molar-refractivity contribution >= 4 is 5.97 Å². The molecule has 7 heterocycles. The lowest BCUT2D eigenvalue weighted by atomic mass is 9.75. The summed E-state index contributed by atoms with van der Waals surface area (Å²) in [6.45, 7) is 17.3. The van der Waals surface area contributed by atoms with Crippen LogP contribution in [0, 0.1) is 29.6 Å². The number of hydrogen-bond acceptors (Lipinski definition) is 15. The monoisotopic (exact) mass is 873 g/mol. The maximum Gasteiger partial charge on any atom is 0.308 e.